The Hall–Kier alpha value is -3.45. The molecule has 16 nitrogen and oxygen atoms in total. The summed E-state index contributed by atoms with van der Waals surface area (Å²) in [5, 5.41) is 3.53. The minimum absolute atomic E-state index is 0.00627. The number of imidazole rings is 2. The van der Waals surface area contributed by atoms with Gasteiger partial charge in [-0.2, -0.15) is 9.97 Å². The molecule has 0 radical (unpaired) electrons. The predicted molar refractivity (Wildman–Crippen MR) is 292 cm³/mol. The van der Waals surface area contributed by atoms with Crippen LogP contribution in [0.3, 0.4) is 0 Å². The van der Waals surface area contributed by atoms with E-state index in [0.717, 1.165) is 5.56 Å². The molecule has 7 rings (SSSR count). The fraction of sp³-hybridized carbons (Fsp3) is 0.686. The van der Waals surface area contributed by atoms with Gasteiger partial charge in [0.05, 0.1) is 38.1 Å². The van der Waals surface area contributed by atoms with E-state index in [4.69, 9.17) is 56.8 Å². The summed E-state index contributed by atoms with van der Waals surface area (Å²) in [6, 6.07) is 10.00. The van der Waals surface area contributed by atoms with Gasteiger partial charge in [-0.1, -0.05) is 113 Å². The van der Waals surface area contributed by atoms with E-state index in [0.29, 0.717) is 60.1 Å². The zero-order chi connectivity index (χ0) is 52.3. The topological polar surface area (TPSA) is 164 Å². The Morgan fingerprint density at radius 2 is 1.04 bits per heavy atom. The van der Waals surface area contributed by atoms with Crippen molar-refractivity contribution < 1.29 is 31.9 Å². The molecule has 0 spiro atoms. The summed E-state index contributed by atoms with van der Waals surface area (Å²) in [4.78, 5) is 29.2. The van der Waals surface area contributed by atoms with Crippen LogP contribution in [-0.2, 0) is 33.8 Å². The fourth-order valence-corrected chi connectivity index (χ4v) is 12.4. The quantitative estimate of drug-likeness (QED) is 0.0875. The number of hydrogen-bond acceptors (Lipinski definition) is 14. The van der Waals surface area contributed by atoms with E-state index in [2.05, 4.69) is 146 Å². The number of anilines is 2. The molecule has 0 unspecified atom stereocenters. The first-order valence-electron chi connectivity index (χ1n) is 25.5. The molecule has 6 heterocycles. The summed E-state index contributed by atoms with van der Waals surface area (Å²) >= 11 is 0. The Morgan fingerprint density at radius 1 is 0.577 bits per heavy atom. The molecule has 0 aliphatic carbocycles. The number of hydrogen-bond donors (Lipinski definition) is 1. The van der Waals surface area contributed by atoms with E-state index < -0.39 is 45.7 Å². The third-order valence-corrected chi connectivity index (χ3v) is 34.5. The highest BCUT2D eigenvalue weighted by atomic mass is 28.4. The van der Waals surface area contributed by atoms with Crippen molar-refractivity contribution in [1.82, 2.24) is 39.0 Å². The van der Waals surface area contributed by atoms with Gasteiger partial charge in [0.2, 0.25) is 11.8 Å². The predicted octanol–water partition coefficient (Wildman–Crippen LogP) is 12.7. The first-order chi connectivity index (χ1) is 32.7. The lowest BCUT2D eigenvalue weighted by atomic mass is 10.2. The van der Waals surface area contributed by atoms with Gasteiger partial charge in [-0.3, -0.25) is 9.13 Å². The highest BCUT2D eigenvalue weighted by molar-refractivity contribution is 6.75. The number of nitrogens with one attached hydrogen (secondary N) is 1. The molecule has 2 saturated heterocycles. The molecule has 4 aromatic heterocycles. The Labute approximate surface area is 427 Å². The standard InChI is InChI=1S/C51H85N9O7Si4/c1-48(2,3)68(13,14)62-29-37-35(66-70(17,18)50(7,8)9)26-39(64-37)59-32-54-41-43(52-31-53-44(41)59)56-47-57-45-42(46(58-47)61-28-34-24-22-21-23-25-34)55-33-60(45)40-27-36(67-71(19,20)51(10,11)12)38(65-40)30-63-69(15,16)49(4,5)6/h21-25,31-33,35-40H,26-30H2,1-20H3,(H,52,53,56,57,58)/t35-,36-,37+,38+,39+,40+/m0/s1. The van der Waals surface area contributed by atoms with E-state index >= 15 is 0 Å². The molecule has 6 atom stereocenters. The largest absolute Gasteiger partial charge is 0.471 e. The molecule has 2 aliphatic heterocycles. The SMILES string of the molecule is CC(C)(C)[Si](C)(C)OC[C@H]1O[C@@H](n2cnc3c(Nc4nc(OCc5ccccc5)c5ncn([C@H]6C[C@H](O[Si](C)(C)C(C)(C)C)[C@@H](CO[Si](C)(C)C(C)(C)C)O6)c5n4)ncnc32)C[C@@H]1O[Si](C)(C)C(C)(C)C. The van der Waals surface area contributed by atoms with Crippen LogP contribution >= 0.6 is 0 Å². The third-order valence-electron chi connectivity index (χ3n) is 16.5. The van der Waals surface area contributed by atoms with Gasteiger partial charge in [-0.05, 0) is 78.1 Å². The number of benzene rings is 1. The molecule has 0 saturated carbocycles. The van der Waals surface area contributed by atoms with Crippen molar-refractivity contribution in [2.75, 3.05) is 18.5 Å². The zero-order valence-corrected chi connectivity index (χ0v) is 50.6. The fourth-order valence-electron chi connectivity index (χ4n) is 7.66. The van der Waals surface area contributed by atoms with Crippen LogP contribution < -0.4 is 10.1 Å². The summed E-state index contributed by atoms with van der Waals surface area (Å²) in [5.74, 6) is 1.00. The molecule has 2 aliphatic rings. The monoisotopic (exact) mass is 1050 g/mol. The third kappa shape index (κ3) is 12.1. The number of aromatic nitrogens is 8. The first kappa shape index (κ1) is 55.3. The first-order valence-corrected chi connectivity index (χ1v) is 37.1. The van der Waals surface area contributed by atoms with Gasteiger partial charge in [0.1, 0.15) is 37.6 Å². The summed E-state index contributed by atoms with van der Waals surface area (Å²) in [7, 11) is -8.56. The second-order valence-corrected chi connectivity index (χ2v) is 45.0. The Balaban J connectivity index is 1.22. The molecule has 0 amide bonds. The van der Waals surface area contributed by atoms with E-state index in [-0.39, 0.29) is 57.1 Å². The maximum absolute atomic E-state index is 7.15. The van der Waals surface area contributed by atoms with Crippen LogP contribution in [0.5, 0.6) is 5.88 Å². The van der Waals surface area contributed by atoms with Crippen LogP contribution in [0.4, 0.5) is 11.8 Å². The van der Waals surface area contributed by atoms with Crippen molar-refractivity contribution in [3.05, 3.63) is 54.9 Å². The van der Waals surface area contributed by atoms with Gasteiger partial charge in [-0.15, -0.1) is 0 Å². The average Bonchev–Trinajstić information content (AvgIpc) is 4.05. The normalized spacial score (nSPS) is 22.3. The van der Waals surface area contributed by atoms with Crippen LogP contribution in [0.2, 0.25) is 72.5 Å². The molecular weight excluding hydrogens is 963 g/mol. The number of rotatable bonds is 17. The summed E-state index contributed by atoms with van der Waals surface area (Å²) in [5.41, 5.74) is 3.19. The van der Waals surface area contributed by atoms with Crippen LogP contribution in [0, 0.1) is 0 Å². The van der Waals surface area contributed by atoms with Crippen molar-refractivity contribution >= 4 is 67.4 Å². The lowest BCUT2D eigenvalue weighted by molar-refractivity contribution is -0.0383. The molecule has 71 heavy (non-hydrogen) atoms. The van der Waals surface area contributed by atoms with Gasteiger partial charge in [0, 0.05) is 12.8 Å². The van der Waals surface area contributed by atoms with Gasteiger partial charge in [0.15, 0.2) is 61.4 Å². The van der Waals surface area contributed by atoms with E-state index in [1.807, 2.05) is 39.5 Å². The highest BCUT2D eigenvalue weighted by Gasteiger charge is 2.49. The smallest absolute Gasteiger partial charge is 0.247 e. The van der Waals surface area contributed by atoms with E-state index in [9.17, 15) is 0 Å². The number of fused-ring (bicyclic) bond motifs is 2. The van der Waals surface area contributed by atoms with Gasteiger partial charge in [0.25, 0.3) is 0 Å². The van der Waals surface area contributed by atoms with E-state index in [1.165, 1.54) is 6.33 Å². The average molecular weight is 1050 g/mol. The van der Waals surface area contributed by atoms with Crippen molar-refractivity contribution in [1.29, 1.82) is 0 Å². The molecule has 0 bridgehead atoms. The number of nitrogens with zero attached hydrogens (tertiary/aromatic N) is 8. The second kappa shape index (κ2) is 20.0. The number of ether oxygens (including phenoxy) is 3. The molecule has 1 N–H and O–H groups in total. The summed E-state index contributed by atoms with van der Waals surface area (Å²) in [6.07, 6.45) is 4.52. The van der Waals surface area contributed by atoms with Gasteiger partial charge >= 0.3 is 0 Å². The van der Waals surface area contributed by atoms with Gasteiger partial charge in [-0.25, -0.2) is 19.9 Å². The minimum Gasteiger partial charge on any atom is -0.471 e. The Kier molecular flexibility index (Phi) is 15.6. The lowest BCUT2D eigenvalue weighted by Crippen LogP contribution is -2.48. The molecular formula is C51H85N9O7Si4. The summed E-state index contributed by atoms with van der Waals surface area (Å²) in [6.45, 7) is 46.6. The highest BCUT2D eigenvalue weighted by Crippen LogP contribution is 2.45. The maximum atomic E-state index is 7.15. The van der Waals surface area contributed by atoms with E-state index in [1.54, 1.807) is 12.7 Å². The lowest BCUT2D eigenvalue weighted by Gasteiger charge is -2.40. The van der Waals surface area contributed by atoms with Crippen molar-refractivity contribution in [2.24, 2.45) is 0 Å². The summed E-state index contributed by atoms with van der Waals surface area (Å²) < 4.78 is 52.2. The molecule has 392 valence electrons. The van der Waals surface area contributed by atoms with Crippen molar-refractivity contribution in [2.45, 2.75) is 212 Å². The minimum atomic E-state index is -2.21. The van der Waals surface area contributed by atoms with Crippen molar-refractivity contribution in [3.63, 3.8) is 0 Å². The molecule has 2 fully saturated rings. The zero-order valence-electron chi connectivity index (χ0n) is 46.6. The van der Waals surface area contributed by atoms with Crippen molar-refractivity contribution in [3.8, 4) is 5.88 Å². The Bertz CT molecular complexity index is 2620. The Morgan fingerprint density at radius 3 is 1.52 bits per heavy atom. The molecule has 5 aromatic rings. The maximum Gasteiger partial charge on any atom is 0.247 e. The molecule has 20 heteroatoms. The van der Waals surface area contributed by atoms with Gasteiger partial charge < -0.3 is 37.2 Å². The van der Waals surface area contributed by atoms with Crippen LogP contribution in [0.15, 0.2) is 49.3 Å². The second-order valence-electron chi connectivity index (χ2n) is 25.8. The van der Waals surface area contributed by atoms with Crippen LogP contribution in [0.25, 0.3) is 22.3 Å². The van der Waals surface area contributed by atoms with Crippen LogP contribution in [-0.4, -0.2) is 110 Å². The van der Waals surface area contributed by atoms with Crippen LogP contribution in [0.1, 0.15) is 114 Å². The molecule has 1 aromatic carbocycles.